The maximum atomic E-state index is 13.4. The molecule has 2 heterocycles. The summed E-state index contributed by atoms with van der Waals surface area (Å²) in [6, 6.07) is -0.655. The molecular formula is C20H33N5O4S. The number of hydrogen-bond donors (Lipinski definition) is 3. The molecule has 1 aliphatic heterocycles. The highest BCUT2D eigenvalue weighted by molar-refractivity contribution is 7.09. The number of carbonyl (C=O) groups excluding carboxylic acids is 3. The highest BCUT2D eigenvalue weighted by Crippen LogP contribution is 2.26. The number of ether oxygens (including phenoxy) is 1. The molecule has 3 amide bonds. The summed E-state index contributed by atoms with van der Waals surface area (Å²) in [5, 5.41) is 2.96. The van der Waals surface area contributed by atoms with Crippen molar-refractivity contribution in [3.05, 3.63) is 10.6 Å². The minimum atomic E-state index is -0.787. The number of hydrogen-bond acceptors (Lipinski definition) is 7. The van der Waals surface area contributed by atoms with Crippen LogP contribution in [0, 0.1) is 5.92 Å². The molecule has 0 aliphatic carbocycles. The predicted octanol–water partition coefficient (Wildman–Crippen LogP) is 1.78. The molecule has 30 heavy (non-hydrogen) atoms. The van der Waals surface area contributed by atoms with Gasteiger partial charge in [0.1, 0.15) is 10.9 Å². The van der Waals surface area contributed by atoms with E-state index >= 15 is 0 Å². The van der Waals surface area contributed by atoms with Gasteiger partial charge in [-0.05, 0) is 43.1 Å². The van der Waals surface area contributed by atoms with Crippen LogP contribution in [0.15, 0.2) is 0 Å². The molecule has 10 heteroatoms. The van der Waals surface area contributed by atoms with Crippen molar-refractivity contribution < 1.29 is 19.1 Å². The van der Waals surface area contributed by atoms with E-state index in [9.17, 15) is 14.4 Å². The van der Waals surface area contributed by atoms with Crippen molar-refractivity contribution in [3.8, 4) is 0 Å². The van der Waals surface area contributed by atoms with Gasteiger partial charge in [-0.25, -0.2) is 0 Å². The van der Waals surface area contributed by atoms with E-state index in [-0.39, 0.29) is 34.8 Å². The molecule has 0 bridgehead atoms. The Kier molecular flexibility index (Phi) is 9.04. The van der Waals surface area contributed by atoms with Gasteiger partial charge in [0, 0.05) is 19.7 Å². The Morgan fingerprint density at radius 1 is 1.33 bits per heavy atom. The normalized spacial score (nSPS) is 17.1. The number of amides is 3. The van der Waals surface area contributed by atoms with Crippen LogP contribution in [-0.2, 0) is 9.53 Å². The van der Waals surface area contributed by atoms with E-state index in [2.05, 4.69) is 23.5 Å². The van der Waals surface area contributed by atoms with Crippen molar-refractivity contribution in [2.24, 2.45) is 11.7 Å². The number of nitrogens with two attached hydrogens (primary N) is 2. The number of anilines is 1. The third-order valence-corrected chi connectivity index (χ3v) is 5.95. The number of aromatic nitrogens is 1. The minimum absolute atomic E-state index is 0.0368. The first-order valence-electron chi connectivity index (χ1n) is 10.5. The molecule has 1 aliphatic rings. The fourth-order valence-electron chi connectivity index (χ4n) is 3.42. The lowest BCUT2D eigenvalue weighted by molar-refractivity contribution is -0.126. The zero-order chi connectivity index (χ0) is 22.3. The molecule has 1 aromatic rings. The first-order chi connectivity index (χ1) is 14.3. The third kappa shape index (κ3) is 6.15. The highest BCUT2D eigenvalue weighted by Gasteiger charge is 2.35. The second-order valence-electron chi connectivity index (χ2n) is 8.01. The van der Waals surface area contributed by atoms with E-state index in [0.717, 1.165) is 37.2 Å². The van der Waals surface area contributed by atoms with Crippen LogP contribution in [0.25, 0.3) is 0 Å². The Morgan fingerprint density at radius 3 is 2.60 bits per heavy atom. The zero-order valence-electron chi connectivity index (χ0n) is 18.0. The van der Waals surface area contributed by atoms with Crippen molar-refractivity contribution in [2.75, 3.05) is 25.4 Å². The first-order valence-corrected chi connectivity index (χ1v) is 11.3. The van der Waals surface area contributed by atoms with Gasteiger partial charge in [0.2, 0.25) is 5.91 Å². The minimum Gasteiger partial charge on any atom is -0.395 e. The number of primary amides is 1. The van der Waals surface area contributed by atoms with Crippen LogP contribution < -0.4 is 16.8 Å². The lowest BCUT2D eigenvalue weighted by Crippen LogP contribution is -2.52. The molecule has 0 spiro atoms. The largest absolute Gasteiger partial charge is 0.395 e. The molecule has 1 fully saturated rings. The Balaban J connectivity index is 2.29. The summed E-state index contributed by atoms with van der Waals surface area (Å²) < 4.78 is 9.65. The second kappa shape index (κ2) is 11.3. The van der Waals surface area contributed by atoms with Gasteiger partial charge in [0.25, 0.3) is 11.8 Å². The van der Waals surface area contributed by atoms with Crippen molar-refractivity contribution in [1.82, 2.24) is 14.6 Å². The molecule has 2 atom stereocenters. The van der Waals surface area contributed by atoms with Crippen LogP contribution in [0.3, 0.4) is 0 Å². The lowest BCUT2D eigenvalue weighted by Gasteiger charge is -2.32. The average Bonchev–Trinajstić information content (AvgIpc) is 3.33. The molecule has 5 N–H and O–H groups in total. The fraction of sp³-hybridized carbons (Fsp3) is 0.700. The summed E-state index contributed by atoms with van der Waals surface area (Å²) in [5.74, 6) is -0.943. The van der Waals surface area contributed by atoms with Crippen molar-refractivity contribution in [3.63, 3.8) is 0 Å². The summed E-state index contributed by atoms with van der Waals surface area (Å²) in [5.41, 5.74) is 11.1. The Morgan fingerprint density at radius 2 is 2.07 bits per heavy atom. The van der Waals surface area contributed by atoms with Crippen molar-refractivity contribution >= 4 is 34.9 Å². The first kappa shape index (κ1) is 24.1. The molecule has 2 unspecified atom stereocenters. The molecule has 0 radical (unpaired) electrons. The lowest BCUT2D eigenvalue weighted by atomic mass is 10.1. The molecule has 168 valence electrons. The van der Waals surface area contributed by atoms with E-state index in [0.29, 0.717) is 25.5 Å². The van der Waals surface area contributed by atoms with Crippen molar-refractivity contribution in [2.45, 2.75) is 65.0 Å². The molecule has 0 aromatic carbocycles. The predicted molar refractivity (Wildman–Crippen MR) is 116 cm³/mol. The molecule has 1 aromatic heterocycles. The van der Waals surface area contributed by atoms with Gasteiger partial charge in [-0.15, -0.1) is 0 Å². The number of nitrogens with one attached hydrogen (secondary N) is 1. The van der Waals surface area contributed by atoms with Gasteiger partial charge in [-0.3, -0.25) is 14.4 Å². The van der Waals surface area contributed by atoms with E-state index < -0.39 is 17.9 Å². The summed E-state index contributed by atoms with van der Waals surface area (Å²) in [6.07, 6.45) is 3.69. The van der Waals surface area contributed by atoms with Gasteiger partial charge in [0.15, 0.2) is 5.69 Å². The van der Waals surface area contributed by atoms with Crippen LogP contribution in [0.1, 0.15) is 73.0 Å². The fourth-order valence-corrected chi connectivity index (χ4v) is 4.18. The monoisotopic (exact) mass is 439 g/mol. The summed E-state index contributed by atoms with van der Waals surface area (Å²) in [7, 11) is 0. The van der Waals surface area contributed by atoms with E-state index in [4.69, 9.17) is 16.2 Å². The van der Waals surface area contributed by atoms with Crippen LogP contribution in [0.4, 0.5) is 5.69 Å². The van der Waals surface area contributed by atoms with Crippen LogP contribution in [0.5, 0.6) is 0 Å². The SMILES string of the molecule is CCCC(C(=O)NCCC(C)C)N(CC1CCCO1)C(=O)c1snc(C(N)=O)c1N. The maximum Gasteiger partial charge on any atom is 0.270 e. The van der Waals surface area contributed by atoms with Crippen LogP contribution in [-0.4, -0.2) is 58.8 Å². The topological polar surface area (TPSA) is 141 Å². The van der Waals surface area contributed by atoms with E-state index in [1.807, 2.05) is 6.92 Å². The standard InChI is InChI=1S/C20H33N5O4S/c1-4-6-14(19(27)23-9-8-12(2)3)25(11-13-7-5-10-29-13)20(28)17-15(21)16(18(22)26)24-30-17/h12-14H,4-11,21H2,1-3H3,(H2,22,26)(H,23,27). The van der Waals surface area contributed by atoms with Gasteiger partial charge in [-0.2, -0.15) is 4.37 Å². The van der Waals surface area contributed by atoms with Gasteiger partial charge < -0.3 is 26.4 Å². The van der Waals surface area contributed by atoms with Crippen LogP contribution >= 0.6 is 11.5 Å². The van der Waals surface area contributed by atoms with Crippen molar-refractivity contribution in [1.29, 1.82) is 0 Å². The van der Waals surface area contributed by atoms with E-state index in [1.165, 1.54) is 4.90 Å². The molecule has 9 nitrogen and oxygen atoms in total. The summed E-state index contributed by atoms with van der Waals surface area (Å²) in [6.45, 7) is 7.62. The quantitative estimate of drug-likeness (QED) is 0.480. The van der Waals surface area contributed by atoms with E-state index in [1.54, 1.807) is 0 Å². The summed E-state index contributed by atoms with van der Waals surface area (Å²) >= 11 is 0.828. The smallest absolute Gasteiger partial charge is 0.270 e. The zero-order valence-corrected chi connectivity index (χ0v) is 18.8. The number of carbonyl (C=O) groups is 3. The Labute approximate surface area is 181 Å². The van der Waals surface area contributed by atoms with Gasteiger partial charge in [0.05, 0.1) is 11.8 Å². The number of nitrogens with zero attached hydrogens (tertiary/aromatic N) is 2. The van der Waals surface area contributed by atoms with Gasteiger partial charge in [-0.1, -0.05) is 27.2 Å². The third-order valence-electron chi connectivity index (χ3n) is 5.10. The maximum absolute atomic E-state index is 13.4. The molecule has 0 saturated carbocycles. The molecule has 1 saturated heterocycles. The molecular weight excluding hydrogens is 406 g/mol. The van der Waals surface area contributed by atoms with Crippen LogP contribution in [0.2, 0.25) is 0 Å². The Hall–Kier alpha value is -2.20. The highest BCUT2D eigenvalue weighted by atomic mass is 32.1. The average molecular weight is 440 g/mol. The van der Waals surface area contributed by atoms with Gasteiger partial charge >= 0.3 is 0 Å². The number of rotatable bonds is 11. The summed E-state index contributed by atoms with van der Waals surface area (Å²) in [4.78, 5) is 39.6. The number of nitrogen functional groups attached to an aromatic ring is 1. The molecule has 2 rings (SSSR count). The second-order valence-corrected chi connectivity index (χ2v) is 8.78. The Bertz CT molecular complexity index is 746.